The average molecular weight is 601 g/mol. The fourth-order valence-electron chi connectivity index (χ4n) is 4.49. The standard InChI is InChI=1S/C30H27F3N2O6S/c1-3-4-17-40-22-13-15-24(16-14-22)42(38,39)34-27(29(36)37)18-26-20(2)35(28-8-6-5-7-25(26)28)19-21-9-11-23(12-10-21)41-30(31,32)33/h5-16,27,34H,17-19H2,1-2H3,(H,36,37). The molecule has 12 heteroatoms. The van der Waals surface area contributed by atoms with Crippen LogP contribution < -0.4 is 14.2 Å². The molecule has 0 fully saturated rings. The molecule has 0 bridgehead atoms. The zero-order valence-electron chi connectivity index (χ0n) is 22.6. The Bertz CT molecular complexity index is 1740. The Hall–Kier alpha value is -4.47. The van der Waals surface area contributed by atoms with E-state index in [-0.39, 0.29) is 30.2 Å². The van der Waals surface area contributed by atoms with Gasteiger partial charge in [-0.15, -0.1) is 19.1 Å². The summed E-state index contributed by atoms with van der Waals surface area (Å²) in [6.07, 6.45) is -4.95. The summed E-state index contributed by atoms with van der Waals surface area (Å²) < 4.78 is 77.3. The van der Waals surface area contributed by atoms with Crippen LogP contribution in [0.15, 0.2) is 77.7 Å². The van der Waals surface area contributed by atoms with E-state index in [2.05, 4.69) is 21.3 Å². The molecule has 0 spiro atoms. The average Bonchev–Trinajstić information content (AvgIpc) is 3.19. The van der Waals surface area contributed by atoms with Crippen molar-refractivity contribution in [2.24, 2.45) is 0 Å². The molecule has 4 rings (SSSR count). The number of carbonyl (C=O) groups is 1. The van der Waals surface area contributed by atoms with Gasteiger partial charge in [-0.3, -0.25) is 4.79 Å². The van der Waals surface area contributed by atoms with Crippen LogP contribution in [0.2, 0.25) is 0 Å². The van der Waals surface area contributed by atoms with Crippen LogP contribution in [0, 0.1) is 18.8 Å². The summed E-state index contributed by atoms with van der Waals surface area (Å²) in [6.45, 7) is 3.88. The molecule has 3 aromatic carbocycles. The molecular weight excluding hydrogens is 573 g/mol. The number of ether oxygens (including phenoxy) is 2. The SMILES string of the molecule is CC#CCOc1ccc(S(=O)(=O)NC(Cc2c(C)n(Cc3ccc(OC(F)(F)F)cc3)c3ccccc23)C(=O)O)cc1. The third kappa shape index (κ3) is 7.43. The minimum Gasteiger partial charge on any atom is -0.481 e. The fraction of sp³-hybridized carbons (Fsp3) is 0.233. The van der Waals surface area contributed by atoms with Crippen molar-refractivity contribution in [3.8, 4) is 23.3 Å². The number of fused-ring (bicyclic) bond motifs is 1. The molecular formula is C30H27F3N2O6S. The fourth-order valence-corrected chi connectivity index (χ4v) is 5.68. The summed E-state index contributed by atoms with van der Waals surface area (Å²) >= 11 is 0. The highest BCUT2D eigenvalue weighted by Crippen LogP contribution is 2.29. The van der Waals surface area contributed by atoms with Gasteiger partial charge in [-0.1, -0.05) is 36.3 Å². The molecule has 8 nitrogen and oxygen atoms in total. The monoisotopic (exact) mass is 600 g/mol. The van der Waals surface area contributed by atoms with E-state index >= 15 is 0 Å². The van der Waals surface area contributed by atoms with Crippen molar-refractivity contribution in [3.05, 3.63) is 89.6 Å². The van der Waals surface area contributed by atoms with E-state index in [4.69, 9.17) is 4.74 Å². The lowest BCUT2D eigenvalue weighted by Gasteiger charge is -2.16. The highest BCUT2D eigenvalue weighted by molar-refractivity contribution is 7.89. The van der Waals surface area contributed by atoms with E-state index in [1.165, 1.54) is 48.5 Å². The number of alkyl halides is 3. The lowest BCUT2D eigenvalue weighted by molar-refractivity contribution is -0.274. The quantitative estimate of drug-likeness (QED) is 0.227. The summed E-state index contributed by atoms with van der Waals surface area (Å²) in [7, 11) is -4.20. The molecule has 220 valence electrons. The first-order valence-electron chi connectivity index (χ1n) is 12.7. The summed E-state index contributed by atoms with van der Waals surface area (Å²) in [5.41, 5.74) is 2.76. The smallest absolute Gasteiger partial charge is 0.481 e. The Kier molecular flexibility index (Phi) is 9.14. The van der Waals surface area contributed by atoms with Gasteiger partial charge in [0.05, 0.1) is 4.90 Å². The van der Waals surface area contributed by atoms with Gasteiger partial charge in [-0.05, 0) is 67.4 Å². The number of aromatic nitrogens is 1. The second-order valence-corrected chi connectivity index (χ2v) is 11.0. The van der Waals surface area contributed by atoms with Crippen molar-refractivity contribution in [1.82, 2.24) is 9.29 Å². The molecule has 0 radical (unpaired) electrons. The molecule has 0 saturated heterocycles. The van der Waals surface area contributed by atoms with Gasteiger partial charge in [-0.25, -0.2) is 8.42 Å². The topological polar surface area (TPSA) is 107 Å². The second-order valence-electron chi connectivity index (χ2n) is 9.26. The first-order chi connectivity index (χ1) is 19.9. The normalized spacial score (nSPS) is 12.4. The van der Waals surface area contributed by atoms with Crippen LogP contribution in [0.1, 0.15) is 23.7 Å². The van der Waals surface area contributed by atoms with Crippen molar-refractivity contribution in [2.75, 3.05) is 6.61 Å². The second kappa shape index (κ2) is 12.6. The zero-order valence-corrected chi connectivity index (χ0v) is 23.4. The van der Waals surface area contributed by atoms with Crippen molar-refractivity contribution in [1.29, 1.82) is 0 Å². The number of carboxylic acids is 1. The molecule has 1 aromatic heterocycles. The lowest BCUT2D eigenvalue weighted by atomic mass is 10.0. The molecule has 0 saturated carbocycles. The molecule has 1 atom stereocenters. The van der Waals surface area contributed by atoms with Crippen LogP contribution >= 0.6 is 0 Å². The molecule has 0 aliphatic carbocycles. The number of carboxylic acid groups (broad SMARTS) is 1. The Balaban J connectivity index is 1.58. The highest BCUT2D eigenvalue weighted by Gasteiger charge is 2.31. The van der Waals surface area contributed by atoms with Crippen LogP contribution in [0.4, 0.5) is 13.2 Å². The number of hydrogen-bond donors (Lipinski definition) is 2. The summed E-state index contributed by atoms with van der Waals surface area (Å²) in [5.74, 6) is 4.14. The third-order valence-electron chi connectivity index (χ3n) is 6.48. The first-order valence-corrected chi connectivity index (χ1v) is 14.2. The Morgan fingerprint density at radius 1 is 1.02 bits per heavy atom. The number of nitrogens with zero attached hydrogens (tertiary/aromatic N) is 1. The number of benzene rings is 3. The van der Waals surface area contributed by atoms with Crippen molar-refractivity contribution in [3.63, 3.8) is 0 Å². The number of sulfonamides is 1. The molecule has 1 heterocycles. The van der Waals surface area contributed by atoms with Crippen LogP contribution in [0.5, 0.6) is 11.5 Å². The van der Waals surface area contributed by atoms with Crippen LogP contribution in [-0.4, -0.2) is 43.1 Å². The van der Waals surface area contributed by atoms with E-state index in [1.807, 2.05) is 22.8 Å². The number of rotatable bonds is 11. The van der Waals surface area contributed by atoms with E-state index in [0.717, 1.165) is 10.9 Å². The van der Waals surface area contributed by atoms with Gasteiger partial charge in [0.2, 0.25) is 10.0 Å². The van der Waals surface area contributed by atoms with E-state index in [1.54, 1.807) is 19.9 Å². The molecule has 2 N–H and O–H groups in total. The predicted octanol–water partition coefficient (Wildman–Crippen LogP) is 5.27. The number of halogens is 3. The largest absolute Gasteiger partial charge is 0.573 e. The van der Waals surface area contributed by atoms with Gasteiger partial charge in [0.25, 0.3) is 0 Å². The maximum atomic E-state index is 13.1. The molecule has 0 aliphatic rings. The van der Waals surface area contributed by atoms with Crippen molar-refractivity contribution < 1.29 is 41.0 Å². The van der Waals surface area contributed by atoms with Gasteiger partial charge < -0.3 is 19.1 Å². The summed E-state index contributed by atoms with van der Waals surface area (Å²) in [5, 5.41) is 10.7. The first kappa shape index (κ1) is 30.5. The van der Waals surface area contributed by atoms with Gasteiger partial charge in [0, 0.05) is 29.6 Å². The van der Waals surface area contributed by atoms with Gasteiger partial charge >= 0.3 is 12.3 Å². The van der Waals surface area contributed by atoms with Crippen LogP contribution in [0.3, 0.4) is 0 Å². The van der Waals surface area contributed by atoms with Crippen LogP contribution in [0.25, 0.3) is 10.9 Å². The van der Waals surface area contributed by atoms with Crippen LogP contribution in [-0.2, 0) is 27.8 Å². The molecule has 4 aromatic rings. The molecule has 1 unspecified atom stereocenters. The Labute approximate surface area is 240 Å². The Morgan fingerprint density at radius 3 is 2.29 bits per heavy atom. The number of hydrogen-bond acceptors (Lipinski definition) is 5. The zero-order chi connectivity index (χ0) is 30.5. The minimum atomic E-state index is -4.80. The third-order valence-corrected chi connectivity index (χ3v) is 7.97. The highest BCUT2D eigenvalue weighted by atomic mass is 32.2. The van der Waals surface area contributed by atoms with E-state index < -0.39 is 28.4 Å². The minimum absolute atomic E-state index is 0.125. The van der Waals surface area contributed by atoms with E-state index in [0.29, 0.717) is 22.6 Å². The molecule has 0 aliphatic heterocycles. The molecule has 42 heavy (non-hydrogen) atoms. The van der Waals surface area contributed by atoms with Crippen molar-refractivity contribution in [2.45, 2.75) is 44.1 Å². The lowest BCUT2D eigenvalue weighted by Crippen LogP contribution is -2.42. The number of para-hydroxylation sites is 1. The number of nitrogens with one attached hydrogen (secondary N) is 1. The predicted molar refractivity (Wildman–Crippen MR) is 150 cm³/mol. The summed E-state index contributed by atoms with van der Waals surface area (Å²) in [6, 6.07) is 16.8. The summed E-state index contributed by atoms with van der Waals surface area (Å²) in [4.78, 5) is 12.1. The molecule has 0 amide bonds. The van der Waals surface area contributed by atoms with Crippen molar-refractivity contribution >= 4 is 26.9 Å². The Morgan fingerprint density at radius 2 is 1.67 bits per heavy atom. The van der Waals surface area contributed by atoms with E-state index in [9.17, 15) is 31.5 Å². The number of aliphatic carboxylic acids is 1. The maximum Gasteiger partial charge on any atom is 0.573 e. The van der Waals surface area contributed by atoms with Gasteiger partial charge in [-0.2, -0.15) is 4.72 Å². The maximum absolute atomic E-state index is 13.1. The van der Waals surface area contributed by atoms with Gasteiger partial charge in [0.15, 0.2) is 0 Å². The van der Waals surface area contributed by atoms with Gasteiger partial charge in [0.1, 0.15) is 24.1 Å².